The third-order valence-electron chi connectivity index (χ3n) is 4.53. The molecule has 1 unspecified atom stereocenters. The Hall–Kier alpha value is -1.19. The van der Waals surface area contributed by atoms with Crippen LogP contribution in [0.3, 0.4) is 0 Å². The summed E-state index contributed by atoms with van der Waals surface area (Å²) in [4.78, 5) is 11.6. The standard InChI is InChI=1S/C16H26O12/c1-5(2)14(24)28-16-12(23)10(21)13(7(4-18)26-16)27-15-11(22)9(20)8(19)6(3-17)25-15/h6-13,15-23H,1,3-4H2,2H3/t6-,7-,8+,9+,10-,11-,12-,13-,15+,16?/m1/s1. The Morgan fingerprint density at radius 1 is 0.857 bits per heavy atom. The van der Waals surface area contributed by atoms with Crippen molar-refractivity contribution in [3.05, 3.63) is 12.2 Å². The predicted octanol–water partition coefficient (Wildman–Crippen LogP) is -4.27. The lowest BCUT2D eigenvalue weighted by atomic mass is 9.97. The van der Waals surface area contributed by atoms with E-state index in [-0.39, 0.29) is 5.57 Å². The first kappa shape index (κ1) is 23.1. The Morgan fingerprint density at radius 3 is 1.93 bits per heavy atom. The van der Waals surface area contributed by atoms with Gasteiger partial charge in [-0.2, -0.15) is 0 Å². The zero-order valence-corrected chi connectivity index (χ0v) is 15.1. The van der Waals surface area contributed by atoms with Crippen molar-refractivity contribution < 1.29 is 59.5 Å². The van der Waals surface area contributed by atoms with Crippen molar-refractivity contribution in [2.24, 2.45) is 0 Å². The fourth-order valence-corrected chi connectivity index (χ4v) is 2.86. The van der Waals surface area contributed by atoms with E-state index in [0.717, 1.165) is 0 Å². The summed E-state index contributed by atoms with van der Waals surface area (Å²) in [6.45, 7) is 3.32. The molecule has 7 N–H and O–H groups in total. The van der Waals surface area contributed by atoms with E-state index in [9.17, 15) is 40.5 Å². The van der Waals surface area contributed by atoms with Crippen molar-refractivity contribution in [2.45, 2.75) is 68.3 Å². The highest BCUT2D eigenvalue weighted by Crippen LogP contribution is 2.29. The molecule has 0 aromatic heterocycles. The Labute approximate surface area is 160 Å². The van der Waals surface area contributed by atoms with Crippen LogP contribution in [0, 0.1) is 0 Å². The molecule has 0 bridgehead atoms. The van der Waals surface area contributed by atoms with Gasteiger partial charge in [-0.15, -0.1) is 0 Å². The quantitative estimate of drug-likeness (QED) is 0.165. The molecule has 12 nitrogen and oxygen atoms in total. The monoisotopic (exact) mass is 410 g/mol. The number of hydrogen-bond acceptors (Lipinski definition) is 12. The number of carbonyl (C=O) groups excluding carboxylic acids is 1. The van der Waals surface area contributed by atoms with E-state index in [1.165, 1.54) is 6.92 Å². The van der Waals surface area contributed by atoms with Crippen LogP contribution in [0.1, 0.15) is 6.92 Å². The van der Waals surface area contributed by atoms with E-state index in [1.807, 2.05) is 0 Å². The number of carbonyl (C=O) groups is 1. The lowest BCUT2D eigenvalue weighted by molar-refractivity contribution is -0.355. The van der Waals surface area contributed by atoms with Crippen molar-refractivity contribution in [1.82, 2.24) is 0 Å². The summed E-state index contributed by atoms with van der Waals surface area (Å²) in [7, 11) is 0. The van der Waals surface area contributed by atoms with Crippen molar-refractivity contribution in [3.63, 3.8) is 0 Å². The lowest BCUT2D eigenvalue weighted by Gasteiger charge is -2.45. The number of aliphatic hydroxyl groups is 7. The van der Waals surface area contributed by atoms with Crippen molar-refractivity contribution >= 4 is 5.97 Å². The summed E-state index contributed by atoms with van der Waals surface area (Å²) in [6, 6.07) is 0. The second-order valence-corrected chi connectivity index (χ2v) is 6.69. The van der Waals surface area contributed by atoms with E-state index in [4.69, 9.17) is 18.9 Å². The van der Waals surface area contributed by atoms with E-state index in [0.29, 0.717) is 0 Å². The van der Waals surface area contributed by atoms with Crippen LogP contribution in [0.4, 0.5) is 0 Å². The Balaban J connectivity index is 2.12. The second kappa shape index (κ2) is 9.54. The summed E-state index contributed by atoms with van der Waals surface area (Å²) < 4.78 is 20.7. The topological polar surface area (TPSA) is 196 Å². The SMILES string of the molecule is C=C(C)C(=O)OC1O[C@H](CO)[C@@H](O[C@@H]2O[C@H](CO)[C@H](O)[C@H](O)[C@H]2O)[C@H](O)[C@H]1O. The first-order chi connectivity index (χ1) is 13.1. The molecule has 0 amide bonds. The van der Waals surface area contributed by atoms with Crippen LogP contribution in [0.15, 0.2) is 12.2 Å². The predicted molar refractivity (Wildman–Crippen MR) is 87.3 cm³/mol. The Bertz CT molecular complexity index is 552. The molecule has 0 aliphatic carbocycles. The molecule has 0 aromatic carbocycles. The lowest BCUT2D eigenvalue weighted by Crippen LogP contribution is -2.64. The minimum atomic E-state index is -1.78. The van der Waals surface area contributed by atoms with Crippen LogP contribution in [0.25, 0.3) is 0 Å². The molecule has 2 fully saturated rings. The third-order valence-corrected chi connectivity index (χ3v) is 4.53. The molecule has 10 atom stereocenters. The summed E-state index contributed by atoms with van der Waals surface area (Å²) in [5.41, 5.74) is 0.0190. The molecule has 28 heavy (non-hydrogen) atoms. The molecule has 0 saturated carbocycles. The van der Waals surface area contributed by atoms with Gasteiger partial charge in [0.1, 0.15) is 48.8 Å². The minimum Gasteiger partial charge on any atom is -0.429 e. The van der Waals surface area contributed by atoms with Crippen LogP contribution >= 0.6 is 0 Å². The summed E-state index contributed by atoms with van der Waals surface area (Å²) >= 11 is 0. The molecule has 12 heteroatoms. The van der Waals surface area contributed by atoms with Gasteiger partial charge in [0, 0.05) is 5.57 Å². The van der Waals surface area contributed by atoms with Gasteiger partial charge in [0.2, 0.25) is 6.29 Å². The maximum Gasteiger partial charge on any atom is 0.335 e. The van der Waals surface area contributed by atoms with Gasteiger partial charge >= 0.3 is 5.97 Å². The summed E-state index contributed by atoms with van der Waals surface area (Å²) in [5.74, 6) is -0.888. The molecule has 0 spiro atoms. The first-order valence-electron chi connectivity index (χ1n) is 8.57. The van der Waals surface area contributed by atoms with Gasteiger partial charge in [0.05, 0.1) is 13.2 Å². The third kappa shape index (κ3) is 4.68. The highest BCUT2D eigenvalue weighted by molar-refractivity contribution is 5.87. The fourth-order valence-electron chi connectivity index (χ4n) is 2.86. The molecule has 2 rings (SSSR count). The maximum absolute atomic E-state index is 11.6. The minimum absolute atomic E-state index is 0.0190. The number of hydrogen-bond donors (Lipinski definition) is 7. The largest absolute Gasteiger partial charge is 0.429 e. The summed E-state index contributed by atoms with van der Waals surface area (Å²) in [6.07, 6.45) is -15.9. The van der Waals surface area contributed by atoms with Gasteiger partial charge in [-0.25, -0.2) is 4.79 Å². The molecule has 0 aromatic rings. The van der Waals surface area contributed by atoms with Crippen molar-refractivity contribution in [3.8, 4) is 0 Å². The van der Waals surface area contributed by atoms with Crippen LogP contribution in [-0.4, -0.2) is 116 Å². The molecule has 2 aliphatic rings. The number of esters is 1. The Morgan fingerprint density at radius 2 is 1.39 bits per heavy atom. The van der Waals surface area contributed by atoms with Gasteiger partial charge < -0.3 is 54.7 Å². The highest BCUT2D eigenvalue weighted by atomic mass is 16.7. The molecule has 2 saturated heterocycles. The first-order valence-corrected chi connectivity index (χ1v) is 8.57. The van der Waals surface area contributed by atoms with Crippen LogP contribution in [0.2, 0.25) is 0 Å². The van der Waals surface area contributed by atoms with Gasteiger partial charge in [-0.05, 0) is 6.92 Å². The van der Waals surface area contributed by atoms with Gasteiger partial charge in [0.25, 0.3) is 0 Å². The highest BCUT2D eigenvalue weighted by Gasteiger charge is 2.51. The van der Waals surface area contributed by atoms with E-state index in [2.05, 4.69) is 6.58 Å². The molecule has 162 valence electrons. The van der Waals surface area contributed by atoms with E-state index in [1.54, 1.807) is 0 Å². The Kier molecular flexibility index (Phi) is 7.87. The smallest absolute Gasteiger partial charge is 0.335 e. The number of rotatable bonds is 6. The van der Waals surface area contributed by atoms with Gasteiger partial charge in [0.15, 0.2) is 6.29 Å². The summed E-state index contributed by atoms with van der Waals surface area (Å²) in [5, 5.41) is 68.8. The van der Waals surface area contributed by atoms with Gasteiger partial charge in [-0.3, -0.25) is 0 Å². The molecule has 2 aliphatic heterocycles. The average Bonchev–Trinajstić information content (AvgIpc) is 2.67. The normalized spacial score (nSPS) is 44.1. The van der Waals surface area contributed by atoms with E-state index >= 15 is 0 Å². The number of aliphatic hydroxyl groups excluding tert-OH is 7. The van der Waals surface area contributed by atoms with Gasteiger partial charge in [-0.1, -0.05) is 6.58 Å². The zero-order chi connectivity index (χ0) is 21.2. The van der Waals surface area contributed by atoms with Crippen LogP contribution in [0.5, 0.6) is 0 Å². The molecular weight excluding hydrogens is 384 g/mol. The van der Waals surface area contributed by atoms with E-state index < -0.39 is 80.6 Å². The molecule has 0 radical (unpaired) electrons. The molecule has 2 heterocycles. The number of ether oxygens (including phenoxy) is 4. The zero-order valence-electron chi connectivity index (χ0n) is 15.1. The maximum atomic E-state index is 11.6. The van der Waals surface area contributed by atoms with Crippen LogP contribution in [-0.2, 0) is 23.7 Å². The van der Waals surface area contributed by atoms with Crippen molar-refractivity contribution in [1.29, 1.82) is 0 Å². The second-order valence-electron chi connectivity index (χ2n) is 6.69. The van der Waals surface area contributed by atoms with Crippen LogP contribution < -0.4 is 0 Å². The average molecular weight is 410 g/mol. The fraction of sp³-hybridized carbons (Fsp3) is 0.812. The molecular formula is C16H26O12. The van der Waals surface area contributed by atoms with Crippen molar-refractivity contribution in [2.75, 3.05) is 13.2 Å².